The van der Waals surface area contributed by atoms with E-state index in [-0.39, 0.29) is 6.10 Å². The van der Waals surface area contributed by atoms with Crippen molar-refractivity contribution in [2.45, 2.75) is 57.2 Å². The molecule has 0 radical (unpaired) electrons. The molecule has 0 N–H and O–H groups in total. The number of rotatable bonds is 2. The lowest BCUT2D eigenvalue weighted by Crippen LogP contribution is -2.26. The van der Waals surface area contributed by atoms with E-state index in [2.05, 4.69) is 6.58 Å². The average molecular weight is 250 g/mol. The first-order valence-electron chi connectivity index (χ1n) is 5.88. The number of hydrogen-bond donors (Lipinski definition) is 0. The molecule has 0 amide bonds. The van der Waals surface area contributed by atoms with Gasteiger partial charge in [-0.05, 0) is 25.7 Å². The molecule has 0 aromatic heterocycles. The summed E-state index contributed by atoms with van der Waals surface area (Å²) < 4.78 is 41.5. The van der Waals surface area contributed by atoms with E-state index in [4.69, 9.17) is 4.74 Å². The van der Waals surface area contributed by atoms with Crippen molar-refractivity contribution >= 4 is 5.97 Å². The van der Waals surface area contributed by atoms with Crippen LogP contribution in [-0.2, 0) is 9.53 Å². The summed E-state index contributed by atoms with van der Waals surface area (Å²) in [6.45, 7) is 2.73. The highest BCUT2D eigenvalue weighted by atomic mass is 19.4. The molecule has 0 unspecified atom stereocenters. The highest BCUT2D eigenvalue weighted by Crippen LogP contribution is 2.27. The topological polar surface area (TPSA) is 26.3 Å². The molecule has 1 rings (SSSR count). The molecule has 98 valence electrons. The van der Waals surface area contributed by atoms with Crippen LogP contribution < -0.4 is 0 Å². The molecule has 1 aliphatic carbocycles. The SMILES string of the molecule is C=C(C(=O)OC1CCCCCCC1)C(F)(F)F. The Morgan fingerprint density at radius 1 is 1.06 bits per heavy atom. The van der Waals surface area contributed by atoms with Gasteiger partial charge in [0.2, 0.25) is 0 Å². The van der Waals surface area contributed by atoms with Crippen LogP contribution in [-0.4, -0.2) is 18.2 Å². The molecular formula is C12H17F3O2. The normalized spacial score (nSPS) is 19.2. The number of halogens is 3. The van der Waals surface area contributed by atoms with Crippen molar-refractivity contribution in [1.29, 1.82) is 0 Å². The summed E-state index contributed by atoms with van der Waals surface area (Å²) in [4.78, 5) is 11.2. The molecule has 0 aliphatic heterocycles. The molecule has 0 atom stereocenters. The van der Waals surface area contributed by atoms with Gasteiger partial charge in [-0.2, -0.15) is 13.2 Å². The van der Waals surface area contributed by atoms with E-state index in [1.807, 2.05) is 0 Å². The van der Waals surface area contributed by atoms with Gasteiger partial charge in [0, 0.05) is 0 Å². The minimum Gasteiger partial charge on any atom is -0.459 e. The highest BCUT2D eigenvalue weighted by Gasteiger charge is 2.38. The third-order valence-corrected chi connectivity index (χ3v) is 2.91. The van der Waals surface area contributed by atoms with Crippen LogP contribution in [0.25, 0.3) is 0 Å². The predicted octanol–water partition coefficient (Wildman–Crippen LogP) is 3.76. The van der Waals surface area contributed by atoms with Gasteiger partial charge >= 0.3 is 12.1 Å². The minimum atomic E-state index is -4.70. The van der Waals surface area contributed by atoms with Crippen LogP contribution in [0, 0.1) is 0 Å². The second kappa shape index (κ2) is 6.07. The quantitative estimate of drug-likeness (QED) is 0.551. The average Bonchev–Trinajstić information content (AvgIpc) is 2.19. The van der Waals surface area contributed by atoms with Crippen LogP contribution in [0.5, 0.6) is 0 Å². The molecule has 1 fully saturated rings. The molecule has 0 aromatic carbocycles. The zero-order valence-electron chi connectivity index (χ0n) is 9.68. The van der Waals surface area contributed by atoms with Gasteiger partial charge in [0.05, 0.1) is 0 Å². The third-order valence-electron chi connectivity index (χ3n) is 2.91. The Morgan fingerprint density at radius 2 is 1.53 bits per heavy atom. The summed E-state index contributed by atoms with van der Waals surface area (Å²) in [7, 11) is 0. The highest BCUT2D eigenvalue weighted by molar-refractivity contribution is 5.89. The smallest absolute Gasteiger partial charge is 0.422 e. The lowest BCUT2D eigenvalue weighted by molar-refractivity contribution is -0.156. The Bertz CT molecular complexity index is 276. The molecule has 1 saturated carbocycles. The Labute approximate surface area is 98.8 Å². The maximum atomic E-state index is 12.2. The second-order valence-corrected chi connectivity index (χ2v) is 4.35. The lowest BCUT2D eigenvalue weighted by atomic mass is 9.98. The summed E-state index contributed by atoms with van der Waals surface area (Å²) in [6, 6.07) is 0. The van der Waals surface area contributed by atoms with E-state index in [0.29, 0.717) is 12.8 Å². The van der Waals surface area contributed by atoms with Crippen molar-refractivity contribution < 1.29 is 22.7 Å². The first-order valence-corrected chi connectivity index (χ1v) is 5.88. The second-order valence-electron chi connectivity index (χ2n) is 4.35. The number of carbonyl (C=O) groups excluding carboxylic acids is 1. The van der Waals surface area contributed by atoms with Crippen molar-refractivity contribution in [1.82, 2.24) is 0 Å². The number of esters is 1. The number of alkyl halides is 3. The molecule has 0 heterocycles. The lowest BCUT2D eigenvalue weighted by Gasteiger charge is -2.21. The van der Waals surface area contributed by atoms with Crippen LogP contribution in [0.4, 0.5) is 13.2 Å². The molecule has 17 heavy (non-hydrogen) atoms. The van der Waals surface area contributed by atoms with Crippen molar-refractivity contribution in [2.75, 3.05) is 0 Å². The van der Waals surface area contributed by atoms with Gasteiger partial charge in [0.25, 0.3) is 0 Å². The van der Waals surface area contributed by atoms with Crippen molar-refractivity contribution in [3.63, 3.8) is 0 Å². The third kappa shape index (κ3) is 4.79. The monoisotopic (exact) mass is 250 g/mol. The van der Waals surface area contributed by atoms with E-state index < -0.39 is 17.7 Å². The predicted molar refractivity (Wildman–Crippen MR) is 57.4 cm³/mol. The van der Waals surface area contributed by atoms with Crippen molar-refractivity contribution in [3.8, 4) is 0 Å². The van der Waals surface area contributed by atoms with Gasteiger partial charge in [-0.3, -0.25) is 0 Å². The van der Waals surface area contributed by atoms with Gasteiger partial charge in [0.15, 0.2) is 0 Å². The molecule has 1 aliphatic rings. The zero-order valence-corrected chi connectivity index (χ0v) is 9.68. The van der Waals surface area contributed by atoms with E-state index in [0.717, 1.165) is 32.1 Å². The van der Waals surface area contributed by atoms with Crippen LogP contribution in [0.15, 0.2) is 12.2 Å². The summed E-state index contributed by atoms with van der Waals surface area (Å²) in [5, 5.41) is 0. The summed E-state index contributed by atoms with van der Waals surface area (Å²) in [5.41, 5.74) is -1.42. The van der Waals surface area contributed by atoms with Crippen LogP contribution in [0.3, 0.4) is 0 Å². The zero-order chi connectivity index (χ0) is 12.9. The fourth-order valence-electron chi connectivity index (χ4n) is 1.87. The Hall–Kier alpha value is -1.00. The van der Waals surface area contributed by atoms with Gasteiger partial charge in [0.1, 0.15) is 11.7 Å². The molecule has 0 spiro atoms. The summed E-state index contributed by atoms with van der Waals surface area (Å²) >= 11 is 0. The van der Waals surface area contributed by atoms with Crippen LogP contribution >= 0.6 is 0 Å². The van der Waals surface area contributed by atoms with Crippen LogP contribution in [0.1, 0.15) is 44.9 Å². The first kappa shape index (κ1) is 14.1. The standard InChI is InChI=1S/C12H17F3O2/c1-9(12(13,14)15)11(16)17-10-7-5-3-2-4-6-8-10/h10H,1-8H2. The maximum Gasteiger partial charge on any atom is 0.422 e. The number of carbonyl (C=O) groups is 1. The Kier molecular flexibility index (Phi) is 5.02. The summed E-state index contributed by atoms with van der Waals surface area (Å²) in [6.07, 6.45) is 1.26. The van der Waals surface area contributed by atoms with E-state index in [9.17, 15) is 18.0 Å². The Balaban J connectivity index is 2.46. The molecular weight excluding hydrogens is 233 g/mol. The van der Waals surface area contributed by atoms with E-state index in [1.165, 1.54) is 0 Å². The first-order chi connectivity index (χ1) is 7.91. The Morgan fingerprint density at radius 3 is 2.00 bits per heavy atom. The number of hydrogen-bond acceptors (Lipinski definition) is 2. The van der Waals surface area contributed by atoms with Gasteiger partial charge < -0.3 is 4.74 Å². The van der Waals surface area contributed by atoms with E-state index in [1.54, 1.807) is 0 Å². The van der Waals surface area contributed by atoms with Crippen molar-refractivity contribution in [3.05, 3.63) is 12.2 Å². The fraction of sp³-hybridized carbons (Fsp3) is 0.750. The number of ether oxygens (including phenoxy) is 1. The van der Waals surface area contributed by atoms with Crippen molar-refractivity contribution in [2.24, 2.45) is 0 Å². The molecule has 0 bridgehead atoms. The minimum absolute atomic E-state index is 0.387. The largest absolute Gasteiger partial charge is 0.459 e. The maximum absolute atomic E-state index is 12.2. The fourth-order valence-corrected chi connectivity index (χ4v) is 1.87. The van der Waals surface area contributed by atoms with Gasteiger partial charge in [-0.25, -0.2) is 4.79 Å². The van der Waals surface area contributed by atoms with Gasteiger partial charge in [-0.15, -0.1) is 0 Å². The molecule has 0 saturated heterocycles. The summed E-state index contributed by atoms with van der Waals surface area (Å²) in [5.74, 6) is -1.33. The molecule has 2 nitrogen and oxygen atoms in total. The molecule has 5 heteroatoms. The van der Waals surface area contributed by atoms with E-state index >= 15 is 0 Å². The van der Waals surface area contributed by atoms with Gasteiger partial charge in [-0.1, -0.05) is 25.8 Å². The van der Waals surface area contributed by atoms with Crippen LogP contribution in [0.2, 0.25) is 0 Å². The molecule has 0 aromatic rings.